The summed E-state index contributed by atoms with van der Waals surface area (Å²) in [5.41, 5.74) is 10.9. The minimum absolute atomic E-state index is 0.0172. The van der Waals surface area contributed by atoms with Crippen molar-refractivity contribution in [2.75, 3.05) is 13.2 Å². The van der Waals surface area contributed by atoms with Crippen LogP contribution in [0.5, 0.6) is 0 Å². The second kappa shape index (κ2) is 10.1. The van der Waals surface area contributed by atoms with Gasteiger partial charge in [0.05, 0.1) is 6.10 Å². The first kappa shape index (κ1) is 24.1. The number of ether oxygens (including phenoxy) is 2. The van der Waals surface area contributed by atoms with Crippen molar-refractivity contribution in [3.8, 4) is 0 Å². The van der Waals surface area contributed by atoms with Crippen LogP contribution in [0.2, 0.25) is 5.02 Å². The molecule has 9 heteroatoms. The number of cyclic esters (lactones) is 1. The molecule has 2 amide bonds. The standard InChI is InChI=1S/C25H27ClN4O4/c1-25(2)12-13-33-20(14-25)21(17-8-10-18(26)11-9-17)22(28-29-27)23(31)30-19(15-34-24(30)32)16-6-4-3-5-7-16/h3-11,19-22H,12-15H2,1-2H3/t19?,20?,21-,22+/m0/s1. The van der Waals surface area contributed by atoms with Crippen LogP contribution in [0.15, 0.2) is 59.7 Å². The lowest BCUT2D eigenvalue weighted by Gasteiger charge is -2.41. The Hall–Kier alpha value is -3.06. The second-order valence-electron chi connectivity index (χ2n) is 9.47. The fourth-order valence-corrected chi connectivity index (χ4v) is 4.89. The molecular weight excluding hydrogens is 456 g/mol. The van der Waals surface area contributed by atoms with E-state index in [4.69, 9.17) is 21.1 Å². The number of rotatable bonds is 6. The summed E-state index contributed by atoms with van der Waals surface area (Å²) in [6.07, 6.45) is 0.401. The van der Waals surface area contributed by atoms with Crippen LogP contribution in [-0.2, 0) is 14.3 Å². The van der Waals surface area contributed by atoms with Gasteiger partial charge in [0, 0.05) is 22.5 Å². The summed E-state index contributed by atoms with van der Waals surface area (Å²) in [6, 6.07) is 14.4. The molecule has 2 unspecified atom stereocenters. The average molecular weight is 483 g/mol. The highest BCUT2D eigenvalue weighted by Gasteiger charge is 2.47. The van der Waals surface area contributed by atoms with Crippen molar-refractivity contribution in [2.24, 2.45) is 10.5 Å². The Morgan fingerprint density at radius 1 is 1.21 bits per heavy atom. The quantitative estimate of drug-likeness (QED) is 0.285. The number of carbonyl (C=O) groups is 2. The molecule has 2 saturated heterocycles. The predicted octanol–water partition coefficient (Wildman–Crippen LogP) is 6.03. The number of nitrogens with zero attached hydrogens (tertiary/aromatic N) is 4. The SMILES string of the molecule is CC1(C)CCOC([C@H](c2ccc(Cl)cc2)[C@@H](N=[N+]=[N-])C(=O)N2C(=O)OCC2c2ccccc2)C1. The Morgan fingerprint density at radius 2 is 1.91 bits per heavy atom. The summed E-state index contributed by atoms with van der Waals surface area (Å²) in [5.74, 6) is -1.22. The number of benzene rings is 2. The van der Waals surface area contributed by atoms with Crippen LogP contribution in [0.1, 0.15) is 49.8 Å². The second-order valence-corrected chi connectivity index (χ2v) is 9.90. The zero-order valence-corrected chi connectivity index (χ0v) is 19.9. The molecule has 0 saturated carbocycles. The highest BCUT2D eigenvalue weighted by Crippen LogP contribution is 2.42. The van der Waals surface area contributed by atoms with Crippen LogP contribution in [0.4, 0.5) is 4.79 Å². The van der Waals surface area contributed by atoms with Crippen molar-refractivity contribution >= 4 is 23.6 Å². The zero-order chi connectivity index (χ0) is 24.3. The molecule has 34 heavy (non-hydrogen) atoms. The van der Waals surface area contributed by atoms with Crippen LogP contribution in [0.3, 0.4) is 0 Å². The molecule has 0 bridgehead atoms. The van der Waals surface area contributed by atoms with Crippen molar-refractivity contribution < 1.29 is 19.1 Å². The Labute approximate surface area is 203 Å². The lowest BCUT2D eigenvalue weighted by molar-refractivity contribution is -0.133. The molecule has 0 spiro atoms. The van der Waals surface area contributed by atoms with Crippen molar-refractivity contribution in [3.63, 3.8) is 0 Å². The molecule has 0 N–H and O–H groups in total. The predicted molar refractivity (Wildman–Crippen MR) is 127 cm³/mol. The third-order valence-electron chi connectivity index (χ3n) is 6.58. The van der Waals surface area contributed by atoms with Crippen molar-refractivity contribution in [2.45, 2.75) is 50.8 Å². The number of azide groups is 1. The molecule has 0 aliphatic carbocycles. The molecule has 0 aromatic heterocycles. The summed E-state index contributed by atoms with van der Waals surface area (Å²) < 4.78 is 11.4. The lowest BCUT2D eigenvalue weighted by atomic mass is 9.74. The molecular formula is C25H27ClN4O4. The molecule has 2 fully saturated rings. The first-order chi connectivity index (χ1) is 16.3. The van der Waals surface area contributed by atoms with Gasteiger partial charge in [0.1, 0.15) is 18.7 Å². The van der Waals surface area contributed by atoms with Gasteiger partial charge < -0.3 is 9.47 Å². The van der Waals surface area contributed by atoms with Gasteiger partial charge in [-0.15, -0.1) is 0 Å². The molecule has 2 aliphatic heterocycles. The largest absolute Gasteiger partial charge is 0.446 e. The van der Waals surface area contributed by atoms with E-state index >= 15 is 0 Å². The van der Waals surface area contributed by atoms with Crippen molar-refractivity contribution in [1.29, 1.82) is 0 Å². The molecule has 8 nitrogen and oxygen atoms in total. The highest BCUT2D eigenvalue weighted by molar-refractivity contribution is 6.30. The van der Waals surface area contributed by atoms with E-state index in [-0.39, 0.29) is 12.0 Å². The molecule has 2 aliphatic rings. The molecule has 2 heterocycles. The van der Waals surface area contributed by atoms with Crippen molar-refractivity contribution in [3.05, 3.63) is 81.2 Å². The Bertz CT molecular complexity index is 1090. The molecule has 2 aromatic rings. The van der Waals surface area contributed by atoms with Gasteiger partial charge in [0.15, 0.2) is 0 Å². The maximum atomic E-state index is 13.9. The van der Waals surface area contributed by atoms with E-state index in [1.54, 1.807) is 12.1 Å². The summed E-state index contributed by atoms with van der Waals surface area (Å²) in [7, 11) is 0. The van der Waals surface area contributed by atoms with Crippen LogP contribution < -0.4 is 0 Å². The fourth-order valence-electron chi connectivity index (χ4n) is 4.77. The zero-order valence-electron chi connectivity index (χ0n) is 19.1. The summed E-state index contributed by atoms with van der Waals surface area (Å²) in [5, 5.41) is 4.47. The van der Waals surface area contributed by atoms with Gasteiger partial charge in [0.25, 0.3) is 0 Å². The van der Waals surface area contributed by atoms with E-state index in [0.29, 0.717) is 18.1 Å². The fraction of sp³-hybridized carbons (Fsp3) is 0.440. The van der Waals surface area contributed by atoms with Gasteiger partial charge in [-0.25, -0.2) is 9.69 Å². The van der Waals surface area contributed by atoms with Crippen LogP contribution in [0, 0.1) is 5.41 Å². The third kappa shape index (κ3) is 5.04. The summed E-state index contributed by atoms with van der Waals surface area (Å²) in [4.78, 5) is 30.6. The number of hydrogen-bond acceptors (Lipinski definition) is 5. The Morgan fingerprint density at radius 3 is 2.56 bits per heavy atom. The first-order valence-electron chi connectivity index (χ1n) is 11.3. The number of hydrogen-bond donors (Lipinski definition) is 0. The molecule has 4 atom stereocenters. The number of imide groups is 1. The average Bonchev–Trinajstić information content (AvgIpc) is 3.21. The minimum Gasteiger partial charge on any atom is -0.446 e. The Kier molecular flexibility index (Phi) is 7.12. The van der Waals surface area contributed by atoms with Gasteiger partial charge in [-0.3, -0.25) is 4.79 Å². The van der Waals surface area contributed by atoms with E-state index in [9.17, 15) is 15.1 Å². The van der Waals surface area contributed by atoms with E-state index in [1.165, 1.54) is 0 Å². The van der Waals surface area contributed by atoms with Crippen molar-refractivity contribution in [1.82, 2.24) is 4.90 Å². The smallest absolute Gasteiger partial charge is 0.417 e. The van der Waals surface area contributed by atoms with E-state index < -0.39 is 36.1 Å². The van der Waals surface area contributed by atoms with Gasteiger partial charge >= 0.3 is 6.09 Å². The first-order valence-corrected chi connectivity index (χ1v) is 11.6. The van der Waals surface area contributed by atoms with E-state index in [2.05, 4.69) is 23.9 Å². The number of carbonyl (C=O) groups excluding carboxylic acids is 2. The monoisotopic (exact) mass is 482 g/mol. The maximum absolute atomic E-state index is 13.9. The Balaban J connectivity index is 1.75. The molecule has 2 aromatic carbocycles. The minimum atomic E-state index is -1.21. The molecule has 4 rings (SSSR count). The van der Waals surface area contributed by atoms with Gasteiger partial charge in [-0.05, 0) is 47.0 Å². The molecule has 0 radical (unpaired) electrons. The lowest BCUT2D eigenvalue weighted by Crippen LogP contribution is -2.47. The number of halogens is 1. The van der Waals surface area contributed by atoms with Gasteiger partial charge in [-0.1, -0.05) is 73.0 Å². The van der Waals surface area contributed by atoms with Gasteiger partial charge in [0.2, 0.25) is 5.91 Å². The highest BCUT2D eigenvalue weighted by atomic mass is 35.5. The van der Waals surface area contributed by atoms with Crippen LogP contribution >= 0.6 is 11.6 Å². The summed E-state index contributed by atoms with van der Waals surface area (Å²) >= 11 is 6.11. The molecule has 178 valence electrons. The van der Waals surface area contributed by atoms with Gasteiger partial charge in [-0.2, -0.15) is 0 Å². The van der Waals surface area contributed by atoms with Crippen LogP contribution in [-0.4, -0.2) is 42.3 Å². The third-order valence-corrected chi connectivity index (χ3v) is 6.84. The topological polar surface area (TPSA) is 105 Å². The van der Waals surface area contributed by atoms with E-state index in [1.807, 2.05) is 42.5 Å². The number of amides is 2. The van der Waals surface area contributed by atoms with Crippen LogP contribution in [0.25, 0.3) is 10.4 Å². The van der Waals surface area contributed by atoms with E-state index in [0.717, 1.165) is 22.4 Å². The maximum Gasteiger partial charge on any atom is 0.417 e. The summed E-state index contributed by atoms with van der Waals surface area (Å²) in [6.45, 7) is 4.86. The normalized spacial score (nSPS) is 23.5.